The molecule has 74 valence electrons. The summed E-state index contributed by atoms with van der Waals surface area (Å²) < 4.78 is 4.80. The highest BCUT2D eigenvalue weighted by Crippen LogP contribution is 1.95. The third kappa shape index (κ3) is 3.68. The summed E-state index contributed by atoms with van der Waals surface area (Å²) in [4.78, 5) is 25.4. The number of carbonyl (C=O) groups excluding carboxylic acids is 2. The normalized spacial score (nSPS) is 13.4. The van der Waals surface area contributed by atoms with Crippen molar-refractivity contribution in [2.24, 2.45) is 4.99 Å². The number of nitrogens with one attached hydrogen (secondary N) is 1. The lowest BCUT2D eigenvalue weighted by molar-refractivity contribution is -0.142. The summed E-state index contributed by atoms with van der Waals surface area (Å²) in [6, 6.07) is 0. The SMILES string of the molecule is CN=C(C(=O)NC)C(C)OC(C)=O. The van der Waals surface area contributed by atoms with Crippen molar-refractivity contribution in [2.75, 3.05) is 14.1 Å². The van der Waals surface area contributed by atoms with Crippen molar-refractivity contribution in [1.82, 2.24) is 5.32 Å². The maximum atomic E-state index is 11.1. The molecule has 0 fully saturated rings. The number of amides is 1. The topological polar surface area (TPSA) is 67.8 Å². The lowest BCUT2D eigenvalue weighted by Gasteiger charge is -2.12. The third-order valence-electron chi connectivity index (χ3n) is 1.43. The highest BCUT2D eigenvalue weighted by Gasteiger charge is 2.19. The molecule has 0 rings (SSSR count). The summed E-state index contributed by atoms with van der Waals surface area (Å²) in [6.07, 6.45) is -0.609. The van der Waals surface area contributed by atoms with E-state index in [9.17, 15) is 9.59 Å². The quantitative estimate of drug-likeness (QED) is 0.488. The van der Waals surface area contributed by atoms with E-state index in [1.165, 1.54) is 21.0 Å². The van der Waals surface area contributed by atoms with Crippen molar-refractivity contribution in [3.63, 3.8) is 0 Å². The Morgan fingerprint density at radius 1 is 1.46 bits per heavy atom. The molecule has 5 nitrogen and oxygen atoms in total. The van der Waals surface area contributed by atoms with Gasteiger partial charge in [0.25, 0.3) is 5.91 Å². The molecule has 1 atom stereocenters. The van der Waals surface area contributed by atoms with E-state index >= 15 is 0 Å². The molecule has 0 radical (unpaired) electrons. The second-order valence-corrected chi connectivity index (χ2v) is 2.44. The Hall–Kier alpha value is -1.39. The molecule has 0 aromatic heterocycles. The zero-order valence-electron chi connectivity index (χ0n) is 8.25. The van der Waals surface area contributed by atoms with Gasteiger partial charge in [0.2, 0.25) is 0 Å². The number of esters is 1. The summed E-state index contributed by atoms with van der Waals surface area (Å²) >= 11 is 0. The lowest BCUT2D eigenvalue weighted by atomic mass is 10.2. The van der Waals surface area contributed by atoms with Crippen molar-refractivity contribution in [3.05, 3.63) is 0 Å². The summed E-state index contributed by atoms with van der Waals surface area (Å²) in [5, 5.41) is 2.41. The van der Waals surface area contributed by atoms with E-state index in [-0.39, 0.29) is 11.6 Å². The Labute approximate surface area is 77.2 Å². The maximum absolute atomic E-state index is 11.1. The second-order valence-electron chi connectivity index (χ2n) is 2.44. The van der Waals surface area contributed by atoms with Crippen LogP contribution in [0.5, 0.6) is 0 Å². The molecule has 1 amide bonds. The van der Waals surface area contributed by atoms with Gasteiger partial charge in [-0.15, -0.1) is 0 Å². The first-order valence-electron chi connectivity index (χ1n) is 3.88. The Balaban J connectivity index is 4.42. The van der Waals surface area contributed by atoms with Crippen LogP contribution >= 0.6 is 0 Å². The average Bonchev–Trinajstić information content (AvgIpc) is 2.03. The second kappa shape index (κ2) is 5.29. The van der Waals surface area contributed by atoms with Gasteiger partial charge in [-0.25, -0.2) is 0 Å². The standard InChI is InChI=1S/C8H14N2O3/c1-5(13-6(2)11)7(9-3)8(12)10-4/h5H,1-4H3,(H,10,12). The molecule has 0 aliphatic rings. The van der Waals surface area contributed by atoms with Gasteiger partial charge < -0.3 is 10.1 Å². The molecule has 0 heterocycles. The number of ether oxygens (including phenoxy) is 1. The van der Waals surface area contributed by atoms with Crippen LogP contribution in [0.4, 0.5) is 0 Å². The van der Waals surface area contributed by atoms with E-state index in [4.69, 9.17) is 4.74 Å². The number of rotatable bonds is 3. The van der Waals surface area contributed by atoms with Gasteiger partial charge in [0.05, 0.1) is 0 Å². The van der Waals surface area contributed by atoms with Gasteiger partial charge in [-0.05, 0) is 6.92 Å². The number of nitrogens with zero attached hydrogens (tertiary/aromatic N) is 1. The Bertz CT molecular complexity index is 236. The van der Waals surface area contributed by atoms with Gasteiger partial charge in [0, 0.05) is 21.0 Å². The van der Waals surface area contributed by atoms with Gasteiger partial charge in [0.15, 0.2) is 0 Å². The largest absolute Gasteiger partial charge is 0.456 e. The average molecular weight is 186 g/mol. The zero-order valence-corrected chi connectivity index (χ0v) is 8.25. The predicted molar refractivity (Wildman–Crippen MR) is 48.7 cm³/mol. The number of hydrogen-bond acceptors (Lipinski definition) is 4. The highest BCUT2D eigenvalue weighted by molar-refractivity contribution is 6.40. The van der Waals surface area contributed by atoms with Crippen molar-refractivity contribution >= 4 is 17.6 Å². The molecule has 1 unspecified atom stereocenters. The molecular formula is C8H14N2O3. The van der Waals surface area contributed by atoms with Crippen molar-refractivity contribution in [3.8, 4) is 0 Å². The Morgan fingerprint density at radius 3 is 2.31 bits per heavy atom. The summed E-state index contributed by atoms with van der Waals surface area (Å²) in [7, 11) is 2.97. The predicted octanol–water partition coefficient (Wildman–Crippen LogP) is -0.245. The van der Waals surface area contributed by atoms with Crippen LogP contribution in [0.1, 0.15) is 13.8 Å². The number of carbonyl (C=O) groups is 2. The monoisotopic (exact) mass is 186 g/mol. The molecule has 0 spiro atoms. The van der Waals surface area contributed by atoms with Crippen LogP contribution in [0.3, 0.4) is 0 Å². The fourth-order valence-corrected chi connectivity index (χ4v) is 0.901. The fourth-order valence-electron chi connectivity index (χ4n) is 0.901. The van der Waals surface area contributed by atoms with Crippen LogP contribution in [-0.2, 0) is 14.3 Å². The minimum atomic E-state index is -0.609. The molecule has 0 aromatic carbocycles. The third-order valence-corrected chi connectivity index (χ3v) is 1.43. The fraction of sp³-hybridized carbons (Fsp3) is 0.625. The first-order chi connectivity index (χ1) is 6.02. The van der Waals surface area contributed by atoms with Crippen LogP contribution in [-0.4, -0.2) is 37.8 Å². The van der Waals surface area contributed by atoms with Crippen LogP contribution in [0.15, 0.2) is 4.99 Å². The lowest BCUT2D eigenvalue weighted by Crippen LogP contribution is -2.37. The molecule has 0 aromatic rings. The highest BCUT2D eigenvalue weighted by atomic mass is 16.5. The molecule has 0 saturated heterocycles. The minimum absolute atomic E-state index is 0.206. The summed E-state index contributed by atoms with van der Waals surface area (Å²) in [5.41, 5.74) is 0.206. The molecule has 0 saturated carbocycles. The summed E-state index contributed by atoms with van der Waals surface area (Å²) in [6.45, 7) is 2.88. The van der Waals surface area contributed by atoms with Crippen LogP contribution in [0.25, 0.3) is 0 Å². The molecule has 13 heavy (non-hydrogen) atoms. The Kier molecular flexibility index (Phi) is 4.72. The van der Waals surface area contributed by atoms with E-state index in [2.05, 4.69) is 10.3 Å². The Morgan fingerprint density at radius 2 is 2.00 bits per heavy atom. The first kappa shape index (κ1) is 11.6. The zero-order chi connectivity index (χ0) is 10.4. The van der Waals surface area contributed by atoms with Gasteiger partial charge in [-0.3, -0.25) is 14.6 Å². The molecule has 0 aliphatic heterocycles. The molecule has 5 heteroatoms. The van der Waals surface area contributed by atoms with E-state index in [0.29, 0.717) is 0 Å². The first-order valence-corrected chi connectivity index (χ1v) is 3.88. The van der Waals surface area contributed by atoms with Gasteiger partial charge in [0.1, 0.15) is 11.8 Å². The smallest absolute Gasteiger partial charge is 0.303 e. The van der Waals surface area contributed by atoms with Crippen LogP contribution < -0.4 is 5.32 Å². The molecule has 0 aliphatic carbocycles. The van der Waals surface area contributed by atoms with E-state index in [1.807, 2.05) is 0 Å². The van der Waals surface area contributed by atoms with Crippen molar-refractivity contribution < 1.29 is 14.3 Å². The van der Waals surface area contributed by atoms with Gasteiger partial charge in [-0.1, -0.05) is 0 Å². The van der Waals surface area contributed by atoms with Crippen LogP contribution in [0.2, 0.25) is 0 Å². The number of aliphatic imine (C=N–C) groups is 1. The molecule has 0 bridgehead atoms. The minimum Gasteiger partial charge on any atom is -0.456 e. The molecule has 1 N–H and O–H groups in total. The van der Waals surface area contributed by atoms with Gasteiger partial charge >= 0.3 is 5.97 Å². The van der Waals surface area contributed by atoms with E-state index < -0.39 is 12.1 Å². The maximum Gasteiger partial charge on any atom is 0.303 e. The van der Waals surface area contributed by atoms with Gasteiger partial charge in [-0.2, -0.15) is 0 Å². The molecular weight excluding hydrogens is 172 g/mol. The summed E-state index contributed by atoms with van der Waals surface area (Å²) in [5.74, 6) is -0.770. The van der Waals surface area contributed by atoms with Crippen LogP contribution in [0, 0.1) is 0 Å². The van der Waals surface area contributed by atoms with E-state index in [0.717, 1.165) is 0 Å². The van der Waals surface area contributed by atoms with Crippen molar-refractivity contribution in [1.29, 1.82) is 0 Å². The van der Waals surface area contributed by atoms with E-state index in [1.54, 1.807) is 6.92 Å². The van der Waals surface area contributed by atoms with Crippen molar-refractivity contribution in [2.45, 2.75) is 20.0 Å². The number of hydrogen-bond donors (Lipinski definition) is 1.